The van der Waals surface area contributed by atoms with Gasteiger partial charge in [-0.15, -0.1) is 10.2 Å². The number of nitrogens with one attached hydrogen (secondary N) is 2. The van der Waals surface area contributed by atoms with E-state index in [1.54, 1.807) is 6.92 Å². The fourth-order valence-electron chi connectivity index (χ4n) is 2.71. The summed E-state index contributed by atoms with van der Waals surface area (Å²) in [6.45, 7) is 5.84. The molecule has 0 aliphatic carbocycles. The van der Waals surface area contributed by atoms with E-state index in [1.165, 1.54) is 24.4 Å². The number of amides is 3. The molecule has 0 saturated heterocycles. The Bertz CT molecular complexity index is 1030. The zero-order valence-corrected chi connectivity index (χ0v) is 17.6. The highest BCUT2D eigenvalue weighted by molar-refractivity contribution is 8.00. The molecule has 3 aromatic rings. The van der Waals surface area contributed by atoms with Crippen LogP contribution in [0.3, 0.4) is 0 Å². The largest absolute Gasteiger partial charge is 0.341 e. The molecule has 0 saturated carbocycles. The first-order valence-corrected chi connectivity index (χ1v) is 10.1. The zero-order valence-electron chi connectivity index (χ0n) is 16.8. The van der Waals surface area contributed by atoms with Crippen LogP contribution in [-0.4, -0.2) is 39.0 Å². The predicted molar refractivity (Wildman–Crippen MR) is 114 cm³/mol. The summed E-state index contributed by atoms with van der Waals surface area (Å²) in [6, 6.07) is 15.4. The normalized spacial score (nSPS) is 11.7. The fourth-order valence-corrected chi connectivity index (χ4v) is 3.57. The van der Waals surface area contributed by atoms with Crippen LogP contribution >= 0.6 is 11.8 Å². The van der Waals surface area contributed by atoms with Crippen LogP contribution in [0, 0.1) is 13.8 Å². The van der Waals surface area contributed by atoms with Gasteiger partial charge in [-0.2, -0.15) is 0 Å². The van der Waals surface area contributed by atoms with Crippen molar-refractivity contribution in [3.63, 3.8) is 0 Å². The molecule has 8 heteroatoms. The first-order chi connectivity index (χ1) is 13.9. The Morgan fingerprint density at radius 2 is 1.76 bits per heavy atom. The molecule has 150 valence electrons. The first kappa shape index (κ1) is 20.6. The van der Waals surface area contributed by atoms with Crippen LogP contribution in [0.5, 0.6) is 0 Å². The van der Waals surface area contributed by atoms with Crippen molar-refractivity contribution in [2.24, 2.45) is 0 Å². The molecule has 3 amide bonds. The van der Waals surface area contributed by atoms with Gasteiger partial charge in [0.2, 0.25) is 5.91 Å². The van der Waals surface area contributed by atoms with Gasteiger partial charge in [0, 0.05) is 12.6 Å². The third-order valence-corrected chi connectivity index (χ3v) is 5.57. The number of carbonyl (C=O) groups is 2. The van der Waals surface area contributed by atoms with Gasteiger partial charge in [0.1, 0.15) is 0 Å². The van der Waals surface area contributed by atoms with E-state index in [-0.39, 0.29) is 0 Å². The Morgan fingerprint density at radius 1 is 1.03 bits per heavy atom. The minimum atomic E-state index is -0.539. The molecule has 2 N–H and O–H groups in total. The monoisotopic (exact) mass is 409 g/mol. The van der Waals surface area contributed by atoms with Crippen LogP contribution < -0.4 is 10.6 Å². The molecule has 0 radical (unpaired) electrons. The lowest BCUT2D eigenvalue weighted by molar-refractivity contribution is -0.119. The Labute approximate surface area is 173 Å². The smallest absolute Gasteiger partial charge is 0.321 e. The van der Waals surface area contributed by atoms with Gasteiger partial charge in [-0.3, -0.25) is 14.7 Å². The fraction of sp³-hybridized carbons (Fsp3) is 0.238. The first-order valence-electron chi connectivity index (χ1n) is 9.18. The molecule has 0 fully saturated rings. The number of imide groups is 1. The van der Waals surface area contributed by atoms with Gasteiger partial charge in [0.25, 0.3) is 0 Å². The topological polar surface area (TPSA) is 88.9 Å². The minimum Gasteiger partial charge on any atom is -0.341 e. The van der Waals surface area contributed by atoms with Crippen molar-refractivity contribution in [3.05, 3.63) is 59.7 Å². The molecular formula is C21H23N5O2S. The number of hydrogen-bond donors (Lipinski definition) is 2. The summed E-state index contributed by atoms with van der Waals surface area (Å²) in [5.74, 6) is 0.292. The van der Waals surface area contributed by atoms with E-state index >= 15 is 0 Å². The molecule has 1 aromatic heterocycles. The summed E-state index contributed by atoms with van der Waals surface area (Å²) in [5, 5.41) is 13.4. The van der Waals surface area contributed by atoms with E-state index < -0.39 is 17.2 Å². The SMILES string of the molecule is CNC(=O)NC(=O)[C@H](C)Sc1nnc(-c2ccccc2)n1-c1ccc(C)c(C)c1. The van der Waals surface area contributed by atoms with Crippen molar-refractivity contribution in [1.29, 1.82) is 0 Å². The van der Waals surface area contributed by atoms with Crippen molar-refractivity contribution >= 4 is 23.7 Å². The summed E-state index contributed by atoms with van der Waals surface area (Å²) in [5.41, 5.74) is 4.18. The molecule has 0 aliphatic heterocycles. The number of benzene rings is 2. The van der Waals surface area contributed by atoms with Gasteiger partial charge >= 0.3 is 6.03 Å². The van der Waals surface area contributed by atoms with Gasteiger partial charge in [-0.1, -0.05) is 48.2 Å². The van der Waals surface area contributed by atoms with Crippen molar-refractivity contribution in [2.75, 3.05) is 7.05 Å². The number of aryl methyl sites for hydroxylation is 2. The van der Waals surface area contributed by atoms with Crippen molar-refractivity contribution in [1.82, 2.24) is 25.4 Å². The number of thioether (sulfide) groups is 1. The molecule has 1 atom stereocenters. The molecular weight excluding hydrogens is 386 g/mol. The van der Waals surface area contributed by atoms with E-state index in [0.29, 0.717) is 11.0 Å². The van der Waals surface area contributed by atoms with Gasteiger partial charge < -0.3 is 5.32 Å². The third-order valence-electron chi connectivity index (χ3n) is 4.53. The minimum absolute atomic E-state index is 0.398. The highest BCUT2D eigenvalue weighted by atomic mass is 32.2. The number of hydrogen-bond acceptors (Lipinski definition) is 5. The highest BCUT2D eigenvalue weighted by Crippen LogP contribution is 2.30. The molecule has 0 aliphatic rings. The van der Waals surface area contributed by atoms with E-state index in [0.717, 1.165) is 16.8 Å². The van der Waals surface area contributed by atoms with Gasteiger partial charge in [-0.05, 0) is 44.0 Å². The molecule has 0 bridgehead atoms. The van der Waals surface area contributed by atoms with Crippen molar-refractivity contribution in [3.8, 4) is 17.1 Å². The maximum atomic E-state index is 12.3. The summed E-state index contributed by atoms with van der Waals surface area (Å²) >= 11 is 1.25. The van der Waals surface area contributed by atoms with E-state index in [2.05, 4.69) is 46.8 Å². The van der Waals surface area contributed by atoms with Crippen LogP contribution in [0.2, 0.25) is 0 Å². The number of carbonyl (C=O) groups excluding carboxylic acids is 2. The highest BCUT2D eigenvalue weighted by Gasteiger charge is 2.23. The van der Waals surface area contributed by atoms with Gasteiger partial charge in [-0.25, -0.2) is 4.79 Å². The lowest BCUT2D eigenvalue weighted by Crippen LogP contribution is -2.41. The van der Waals surface area contributed by atoms with Crippen molar-refractivity contribution in [2.45, 2.75) is 31.2 Å². The van der Waals surface area contributed by atoms with Crippen LogP contribution in [0.25, 0.3) is 17.1 Å². The van der Waals surface area contributed by atoms with Crippen LogP contribution in [-0.2, 0) is 4.79 Å². The third kappa shape index (κ3) is 4.65. The molecule has 7 nitrogen and oxygen atoms in total. The maximum absolute atomic E-state index is 12.3. The molecule has 0 spiro atoms. The average Bonchev–Trinajstić information content (AvgIpc) is 3.14. The number of nitrogens with zero attached hydrogens (tertiary/aromatic N) is 3. The summed E-state index contributed by atoms with van der Waals surface area (Å²) in [6.07, 6.45) is 0. The lowest BCUT2D eigenvalue weighted by atomic mass is 10.1. The van der Waals surface area contributed by atoms with E-state index in [1.807, 2.05) is 41.0 Å². The summed E-state index contributed by atoms with van der Waals surface area (Å²) < 4.78 is 1.94. The second-order valence-electron chi connectivity index (χ2n) is 6.60. The Balaban J connectivity index is 2.01. The molecule has 0 unspecified atom stereocenters. The van der Waals surface area contributed by atoms with Gasteiger partial charge in [0.05, 0.1) is 10.9 Å². The number of rotatable bonds is 5. The molecule has 29 heavy (non-hydrogen) atoms. The molecule has 1 heterocycles. The van der Waals surface area contributed by atoms with Crippen LogP contribution in [0.1, 0.15) is 18.1 Å². The molecule has 3 rings (SSSR count). The second-order valence-corrected chi connectivity index (χ2v) is 7.91. The number of urea groups is 1. The average molecular weight is 410 g/mol. The van der Waals surface area contributed by atoms with Crippen LogP contribution in [0.15, 0.2) is 53.7 Å². The Hall–Kier alpha value is -3.13. The van der Waals surface area contributed by atoms with E-state index in [4.69, 9.17) is 0 Å². The van der Waals surface area contributed by atoms with Crippen LogP contribution in [0.4, 0.5) is 4.79 Å². The predicted octanol–water partition coefficient (Wildman–Crippen LogP) is 3.49. The maximum Gasteiger partial charge on any atom is 0.321 e. The lowest BCUT2D eigenvalue weighted by Gasteiger charge is -2.14. The Kier molecular flexibility index (Phi) is 6.33. The quantitative estimate of drug-likeness (QED) is 0.630. The second kappa shape index (κ2) is 8.91. The summed E-state index contributed by atoms with van der Waals surface area (Å²) in [4.78, 5) is 23.7. The van der Waals surface area contributed by atoms with Crippen molar-refractivity contribution < 1.29 is 9.59 Å². The summed E-state index contributed by atoms with van der Waals surface area (Å²) in [7, 11) is 1.46. The van der Waals surface area contributed by atoms with E-state index in [9.17, 15) is 9.59 Å². The zero-order chi connectivity index (χ0) is 21.0. The number of aromatic nitrogens is 3. The van der Waals surface area contributed by atoms with Gasteiger partial charge in [0.15, 0.2) is 11.0 Å². The molecule has 2 aromatic carbocycles. The Morgan fingerprint density at radius 3 is 2.41 bits per heavy atom. The standard InChI is InChI=1S/C21H23N5O2S/c1-13-10-11-17(12-14(13)2)26-18(16-8-6-5-7-9-16)24-25-21(26)29-15(3)19(27)23-20(28)22-4/h5-12,15H,1-4H3,(H2,22,23,27,28)/t15-/m0/s1.